The smallest absolute Gasteiger partial charge is 0.417 e. The summed E-state index contributed by atoms with van der Waals surface area (Å²) in [6.45, 7) is 1.03. The van der Waals surface area contributed by atoms with Gasteiger partial charge in [-0.25, -0.2) is 0 Å². The van der Waals surface area contributed by atoms with Gasteiger partial charge in [-0.3, -0.25) is 0 Å². The molecule has 0 radical (unpaired) electrons. The Morgan fingerprint density at radius 1 is 1.42 bits per heavy atom. The summed E-state index contributed by atoms with van der Waals surface area (Å²) in [5.74, 6) is 0.305. The molecule has 0 aliphatic heterocycles. The van der Waals surface area contributed by atoms with Crippen LogP contribution in [0.25, 0.3) is 0 Å². The summed E-state index contributed by atoms with van der Waals surface area (Å²) in [4.78, 5) is 0. The molecule has 0 spiro atoms. The number of alkyl halides is 3. The second-order valence-corrected chi connectivity index (χ2v) is 4.98. The molecule has 0 saturated carbocycles. The first kappa shape index (κ1) is 16.3. The lowest BCUT2D eigenvalue weighted by atomic mass is 10.1. The predicted octanol–water partition coefficient (Wildman–Crippen LogP) is 3.03. The summed E-state index contributed by atoms with van der Waals surface area (Å²) >= 11 is 3.23. The summed E-state index contributed by atoms with van der Waals surface area (Å²) in [6, 6.07) is 5.02. The van der Waals surface area contributed by atoms with E-state index in [0.29, 0.717) is 10.2 Å². The molecule has 1 aromatic carbocycles. The SMILES string of the molecule is CNC(C)c1ccc(Br)cc1OCC(O)C(F)(F)F. The summed E-state index contributed by atoms with van der Waals surface area (Å²) < 4.78 is 42.4. The molecule has 0 fully saturated rings. The maximum atomic E-state index is 12.2. The molecule has 0 amide bonds. The molecule has 0 bridgehead atoms. The van der Waals surface area contributed by atoms with E-state index in [1.165, 1.54) is 0 Å². The van der Waals surface area contributed by atoms with Gasteiger partial charge in [-0.05, 0) is 26.1 Å². The molecule has 7 heteroatoms. The van der Waals surface area contributed by atoms with E-state index < -0.39 is 18.9 Å². The molecule has 2 atom stereocenters. The summed E-state index contributed by atoms with van der Waals surface area (Å²) in [6.07, 6.45) is -7.18. The van der Waals surface area contributed by atoms with Gasteiger partial charge in [0.15, 0.2) is 6.10 Å². The van der Waals surface area contributed by atoms with Gasteiger partial charge in [0.25, 0.3) is 0 Å². The van der Waals surface area contributed by atoms with Gasteiger partial charge in [-0.1, -0.05) is 22.0 Å². The fourth-order valence-electron chi connectivity index (χ4n) is 1.41. The van der Waals surface area contributed by atoms with Crippen molar-refractivity contribution in [3.63, 3.8) is 0 Å². The molecule has 2 N–H and O–H groups in total. The second kappa shape index (κ2) is 6.58. The molecule has 19 heavy (non-hydrogen) atoms. The first-order valence-corrected chi connectivity index (χ1v) is 6.39. The number of ether oxygens (including phenoxy) is 1. The average molecular weight is 342 g/mol. The fraction of sp³-hybridized carbons (Fsp3) is 0.500. The number of nitrogens with one attached hydrogen (secondary N) is 1. The standard InChI is InChI=1S/C12H15BrF3NO2/c1-7(17-2)9-4-3-8(13)5-10(9)19-6-11(18)12(14,15)16/h3-5,7,11,17-18H,6H2,1-2H3. The van der Waals surface area contributed by atoms with E-state index in [1.54, 1.807) is 25.2 Å². The van der Waals surface area contributed by atoms with E-state index in [4.69, 9.17) is 9.84 Å². The lowest BCUT2D eigenvalue weighted by Crippen LogP contribution is -2.34. The summed E-state index contributed by atoms with van der Waals surface area (Å²) in [5.41, 5.74) is 0.722. The largest absolute Gasteiger partial charge is 0.490 e. The van der Waals surface area contributed by atoms with Crippen LogP contribution in [0.1, 0.15) is 18.5 Å². The maximum absolute atomic E-state index is 12.2. The van der Waals surface area contributed by atoms with Gasteiger partial charge in [0.05, 0.1) is 0 Å². The molecule has 0 saturated heterocycles. The van der Waals surface area contributed by atoms with E-state index in [2.05, 4.69) is 21.2 Å². The highest BCUT2D eigenvalue weighted by Gasteiger charge is 2.38. The number of hydrogen-bond acceptors (Lipinski definition) is 3. The normalized spacial score (nSPS) is 15.1. The van der Waals surface area contributed by atoms with Gasteiger partial charge >= 0.3 is 6.18 Å². The van der Waals surface area contributed by atoms with Crippen LogP contribution in [0.15, 0.2) is 22.7 Å². The quantitative estimate of drug-likeness (QED) is 0.864. The Morgan fingerprint density at radius 2 is 2.05 bits per heavy atom. The number of hydrogen-bond donors (Lipinski definition) is 2. The molecular formula is C12H15BrF3NO2. The number of halogens is 4. The molecule has 0 aliphatic rings. The first-order valence-electron chi connectivity index (χ1n) is 5.60. The van der Waals surface area contributed by atoms with Crippen LogP contribution in [0.3, 0.4) is 0 Å². The second-order valence-electron chi connectivity index (χ2n) is 4.06. The highest BCUT2D eigenvalue weighted by molar-refractivity contribution is 9.10. The van der Waals surface area contributed by atoms with Crippen molar-refractivity contribution in [3.8, 4) is 5.75 Å². The van der Waals surface area contributed by atoms with Crippen LogP contribution in [0.4, 0.5) is 13.2 Å². The van der Waals surface area contributed by atoms with Crippen LogP contribution in [0, 0.1) is 0 Å². The van der Waals surface area contributed by atoms with Crippen LogP contribution < -0.4 is 10.1 Å². The van der Waals surface area contributed by atoms with Gasteiger partial charge < -0.3 is 15.2 Å². The van der Waals surface area contributed by atoms with Crippen LogP contribution >= 0.6 is 15.9 Å². The molecule has 3 nitrogen and oxygen atoms in total. The third-order valence-electron chi connectivity index (χ3n) is 2.65. The fourth-order valence-corrected chi connectivity index (χ4v) is 1.75. The van der Waals surface area contributed by atoms with Gasteiger partial charge in [0, 0.05) is 16.1 Å². The molecule has 2 unspecified atom stereocenters. The van der Waals surface area contributed by atoms with Crippen molar-refractivity contribution in [2.24, 2.45) is 0 Å². The van der Waals surface area contributed by atoms with Gasteiger partial charge in [0.2, 0.25) is 0 Å². The highest BCUT2D eigenvalue weighted by atomic mass is 79.9. The zero-order chi connectivity index (χ0) is 14.6. The lowest BCUT2D eigenvalue weighted by molar-refractivity contribution is -0.210. The van der Waals surface area contributed by atoms with Gasteiger partial charge in [0.1, 0.15) is 12.4 Å². The number of benzene rings is 1. The molecule has 108 valence electrons. The number of aliphatic hydroxyl groups excluding tert-OH is 1. The summed E-state index contributed by atoms with van der Waals surface area (Å²) in [7, 11) is 1.74. The lowest BCUT2D eigenvalue weighted by Gasteiger charge is -2.19. The molecular weight excluding hydrogens is 327 g/mol. The molecule has 1 aromatic rings. The third-order valence-corrected chi connectivity index (χ3v) is 3.14. The van der Waals surface area contributed by atoms with Crippen LogP contribution in [0.5, 0.6) is 5.75 Å². The molecule has 1 rings (SSSR count). The minimum atomic E-state index is -4.68. The van der Waals surface area contributed by atoms with Crippen LogP contribution in [0.2, 0.25) is 0 Å². The Kier molecular flexibility index (Phi) is 5.64. The topological polar surface area (TPSA) is 41.5 Å². The predicted molar refractivity (Wildman–Crippen MR) is 69.2 cm³/mol. The van der Waals surface area contributed by atoms with Crippen molar-refractivity contribution in [2.75, 3.05) is 13.7 Å². The minimum Gasteiger partial charge on any atom is -0.490 e. The Hall–Kier alpha value is -0.790. The third kappa shape index (κ3) is 4.67. The Morgan fingerprint density at radius 3 is 2.58 bits per heavy atom. The Bertz CT molecular complexity index is 426. The van der Waals surface area contributed by atoms with Crippen LogP contribution in [-0.2, 0) is 0 Å². The zero-order valence-corrected chi connectivity index (χ0v) is 12.0. The van der Waals surface area contributed by atoms with Gasteiger partial charge in [-0.15, -0.1) is 0 Å². The number of aliphatic hydroxyl groups is 1. The Labute approximate surface area is 117 Å². The van der Waals surface area contributed by atoms with E-state index in [-0.39, 0.29) is 6.04 Å². The van der Waals surface area contributed by atoms with Crippen molar-refractivity contribution in [1.29, 1.82) is 0 Å². The zero-order valence-electron chi connectivity index (χ0n) is 10.5. The first-order chi connectivity index (χ1) is 8.75. The van der Waals surface area contributed by atoms with Crippen molar-refractivity contribution in [1.82, 2.24) is 5.32 Å². The number of rotatable bonds is 5. The van der Waals surface area contributed by atoms with Gasteiger partial charge in [-0.2, -0.15) is 13.2 Å². The molecule has 0 aromatic heterocycles. The van der Waals surface area contributed by atoms with E-state index in [1.807, 2.05) is 6.92 Å². The average Bonchev–Trinajstić information content (AvgIpc) is 2.33. The highest BCUT2D eigenvalue weighted by Crippen LogP contribution is 2.29. The molecule has 0 aliphatic carbocycles. The van der Waals surface area contributed by atoms with Crippen molar-refractivity contribution in [2.45, 2.75) is 25.2 Å². The monoisotopic (exact) mass is 341 g/mol. The van der Waals surface area contributed by atoms with Crippen molar-refractivity contribution < 1.29 is 23.0 Å². The van der Waals surface area contributed by atoms with Crippen molar-refractivity contribution >= 4 is 15.9 Å². The van der Waals surface area contributed by atoms with E-state index in [0.717, 1.165) is 5.56 Å². The van der Waals surface area contributed by atoms with E-state index in [9.17, 15) is 13.2 Å². The van der Waals surface area contributed by atoms with Crippen LogP contribution in [-0.4, -0.2) is 31.0 Å². The van der Waals surface area contributed by atoms with Crippen molar-refractivity contribution in [3.05, 3.63) is 28.2 Å². The minimum absolute atomic E-state index is 0.0777. The summed E-state index contributed by atoms with van der Waals surface area (Å²) in [5, 5.41) is 11.9. The Balaban J connectivity index is 2.85. The molecule has 0 heterocycles. The maximum Gasteiger partial charge on any atom is 0.417 e. The van der Waals surface area contributed by atoms with E-state index >= 15 is 0 Å².